The Morgan fingerprint density at radius 2 is 1.65 bits per heavy atom. The SMILES string of the molecule is CS(=O)(=O)c1cccc(C(=O)Nc2ccc(NC(=O)c3cc4ccccc4[nH]c3=O)cc2Cl)c1. The average Bonchev–Trinajstić information content (AvgIpc) is 2.79. The maximum absolute atomic E-state index is 12.7. The number of benzene rings is 3. The molecule has 2 amide bonds. The molecule has 10 heteroatoms. The zero-order chi connectivity index (χ0) is 24.5. The summed E-state index contributed by atoms with van der Waals surface area (Å²) in [5.74, 6) is -1.16. The van der Waals surface area contributed by atoms with Crippen molar-refractivity contribution in [2.45, 2.75) is 4.90 Å². The molecular formula is C24H18ClN3O5S. The maximum atomic E-state index is 12.7. The van der Waals surface area contributed by atoms with E-state index in [1.54, 1.807) is 24.3 Å². The third kappa shape index (κ3) is 5.00. The molecule has 34 heavy (non-hydrogen) atoms. The fourth-order valence-corrected chi connectivity index (χ4v) is 4.17. The number of sulfone groups is 1. The van der Waals surface area contributed by atoms with Crippen molar-refractivity contribution < 1.29 is 18.0 Å². The van der Waals surface area contributed by atoms with Gasteiger partial charge in [-0.2, -0.15) is 0 Å². The Bertz CT molecular complexity index is 1610. The fraction of sp³-hybridized carbons (Fsp3) is 0.0417. The van der Waals surface area contributed by atoms with Crippen LogP contribution in [0, 0.1) is 0 Å². The summed E-state index contributed by atoms with van der Waals surface area (Å²) in [5.41, 5.74) is 0.763. The minimum Gasteiger partial charge on any atom is -0.322 e. The van der Waals surface area contributed by atoms with Crippen LogP contribution in [0.3, 0.4) is 0 Å². The fourth-order valence-electron chi connectivity index (χ4n) is 3.27. The summed E-state index contributed by atoms with van der Waals surface area (Å²) in [6, 6.07) is 18.7. The highest BCUT2D eigenvalue weighted by Gasteiger charge is 2.15. The zero-order valence-electron chi connectivity index (χ0n) is 17.8. The third-order valence-corrected chi connectivity index (χ3v) is 6.42. The number of pyridine rings is 1. The van der Waals surface area contributed by atoms with E-state index < -0.39 is 27.2 Å². The first-order chi connectivity index (χ1) is 16.1. The molecule has 3 N–H and O–H groups in total. The van der Waals surface area contributed by atoms with Gasteiger partial charge in [0.2, 0.25) is 0 Å². The molecule has 0 fully saturated rings. The van der Waals surface area contributed by atoms with Crippen LogP contribution in [0.2, 0.25) is 5.02 Å². The van der Waals surface area contributed by atoms with Gasteiger partial charge in [0.1, 0.15) is 5.56 Å². The largest absolute Gasteiger partial charge is 0.322 e. The Labute approximate surface area is 199 Å². The second kappa shape index (κ2) is 9.12. The van der Waals surface area contributed by atoms with E-state index in [0.717, 1.165) is 6.26 Å². The van der Waals surface area contributed by atoms with Crippen molar-refractivity contribution in [1.29, 1.82) is 0 Å². The third-order valence-electron chi connectivity index (χ3n) is 5.00. The normalized spacial score (nSPS) is 11.2. The number of hydrogen-bond donors (Lipinski definition) is 3. The van der Waals surface area contributed by atoms with Gasteiger partial charge in [-0.25, -0.2) is 8.42 Å². The number of halogens is 1. The van der Waals surface area contributed by atoms with Crippen molar-refractivity contribution in [2.75, 3.05) is 16.9 Å². The molecule has 4 rings (SSSR count). The summed E-state index contributed by atoms with van der Waals surface area (Å²) >= 11 is 6.27. The Kier molecular flexibility index (Phi) is 6.23. The maximum Gasteiger partial charge on any atom is 0.261 e. The smallest absolute Gasteiger partial charge is 0.261 e. The van der Waals surface area contributed by atoms with Crippen molar-refractivity contribution in [1.82, 2.24) is 4.98 Å². The van der Waals surface area contributed by atoms with Gasteiger partial charge in [0, 0.05) is 23.0 Å². The molecule has 0 aliphatic carbocycles. The average molecular weight is 496 g/mol. The summed E-state index contributed by atoms with van der Waals surface area (Å²) in [6.07, 6.45) is 1.06. The number of carbonyl (C=O) groups excluding carboxylic acids is 2. The molecule has 0 atom stereocenters. The van der Waals surface area contributed by atoms with Crippen LogP contribution in [0.5, 0.6) is 0 Å². The van der Waals surface area contributed by atoms with Gasteiger partial charge < -0.3 is 15.6 Å². The minimum absolute atomic E-state index is 0.0213. The second-order valence-electron chi connectivity index (χ2n) is 7.50. The van der Waals surface area contributed by atoms with Crippen LogP contribution in [0.15, 0.2) is 82.5 Å². The number of H-pyrrole nitrogens is 1. The van der Waals surface area contributed by atoms with Crippen LogP contribution in [-0.4, -0.2) is 31.5 Å². The van der Waals surface area contributed by atoms with E-state index in [1.807, 2.05) is 0 Å². The van der Waals surface area contributed by atoms with Crippen LogP contribution in [0.1, 0.15) is 20.7 Å². The molecule has 0 radical (unpaired) electrons. The van der Waals surface area contributed by atoms with Crippen molar-refractivity contribution in [3.63, 3.8) is 0 Å². The second-order valence-corrected chi connectivity index (χ2v) is 9.93. The number of aromatic nitrogens is 1. The molecule has 172 valence electrons. The Morgan fingerprint density at radius 1 is 0.882 bits per heavy atom. The number of fused-ring (bicyclic) bond motifs is 1. The van der Waals surface area contributed by atoms with E-state index >= 15 is 0 Å². The lowest BCUT2D eigenvalue weighted by Gasteiger charge is -2.11. The van der Waals surface area contributed by atoms with Crippen LogP contribution in [0.25, 0.3) is 10.9 Å². The van der Waals surface area contributed by atoms with Gasteiger partial charge in [-0.15, -0.1) is 0 Å². The number of aromatic amines is 1. The Hall–Kier alpha value is -3.95. The lowest BCUT2D eigenvalue weighted by Crippen LogP contribution is -2.23. The van der Waals surface area contributed by atoms with Gasteiger partial charge in [-0.1, -0.05) is 35.9 Å². The van der Waals surface area contributed by atoms with Crippen molar-refractivity contribution in [3.05, 3.63) is 99.3 Å². The molecule has 0 unspecified atom stereocenters. The van der Waals surface area contributed by atoms with Crippen LogP contribution in [0.4, 0.5) is 11.4 Å². The van der Waals surface area contributed by atoms with E-state index in [0.29, 0.717) is 16.6 Å². The van der Waals surface area contributed by atoms with Gasteiger partial charge in [0.15, 0.2) is 9.84 Å². The summed E-state index contributed by atoms with van der Waals surface area (Å²) in [6.45, 7) is 0. The molecule has 3 aromatic carbocycles. The monoisotopic (exact) mass is 495 g/mol. The molecule has 1 aromatic heterocycles. The van der Waals surface area contributed by atoms with E-state index in [-0.39, 0.29) is 26.7 Å². The zero-order valence-corrected chi connectivity index (χ0v) is 19.3. The topological polar surface area (TPSA) is 125 Å². The van der Waals surface area contributed by atoms with Gasteiger partial charge in [0.05, 0.1) is 15.6 Å². The highest BCUT2D eigenvalue weighted by Crippen LogP contribution is 2.26. The molecule has 0 aliphatic rings. The first kappa shape index (κ1) is 23.2. The molecule has 1 heterocycles. The van der Waals surface area contributed by atoms with Gasteiger partial charge in [-0.3, -0.25) is 14.4 Å². The standard InChI is InChI=1S/C24H18ClN3O5S/c1-34(32,33)17-7-4-6-15(11-17)22(29)28-21-10-9-16(13-19(21)25)26-23(30)18-12-14-5-2-3-8-20(14)27-24(18)31/h2-13H,1H3,(H,26,30)(H,27,31)(H,28,29). The highest BCUT2D eigenvalue weighted by atomic mass is 35.5. The van der Waals surface area contributed by atoms with Crippen molar-refractivity contribution in [2.24, 2.45) is 0 Å². The number of anilines is 2. The lowest BCUT2D eigenvalue weighted by atomic mass is 10.1. The van der Waals surface area contributed by atoms with Gasteiger partial charge >= 0.3 is 0 Å². The summed E-state index contributed by atoms with van der Waals surface area (Å²) in [4.78, 5) is 40.2. The van der Waals surface area contributed by atoms with Crippen LogP contribution in [-0.2, 0) is 9.84 Å². The number of nitrogens with one attached hydrogen (secondary N) is 3. The van der Waals surface area contributed by atoms with E-state index in [4.69, 9.17) is 11.6 Å². The van der Waals surface area contributed by atoms with Crippen LogP contribution < -0.4 is 16.2 Å². The molecule has 0 saturated carbocycles. The Morgan fingerprint density at radius 3 is 2.38 bits per heavy atom. The summed E-state index contributed by atoms with van der Waals surface area (Å²) in [5, 5.41) is 6.08. The predicted octanol–water partition coefficient (Wildman–Crippen LogP) is 4.09. The van der Waals surface area contributed by atoms with Gasteiger partial charge in [0.25, 0.3) is 17.4 Å². The first-order valence-corrected chi connectivity index (χ1v) is 12.2. The lowest BCUT2D eigenvalue weighted by molar-refractivity contribution is 0.101. The quantitative estimate of drug-likeness (QED) is 0.384. The van der Waals surface area contributed by atoms with Gasteiger partial charge in [-0.05, 0) is 53.9 Å². The molecule has 0 spiro atoms. The molecule has 4 aromatic rings. The summed E-state index contributed by atoms with van der Waals surface area (Å²) < 4.78 is 23.4. The highest BCUT2D eigenvalue weighted by molar-refractivity contribution is 7.90. The number of rotatable bonds is 5. The number of amides is 2. The molecular weight excluding hydrogens is 478 g/mol. The van der Waals surface area contributed by atoms with Crippen molar-refractivity contribution >= 4 is 55.5 Å². The molecule has 0 saturated heterocycles. The summed E-state index contributed by atoms with van der Waals surface area (Å²) in [7, 11) is -3.47. The number of hydrogen-bond acceptors (Lipinski definition) is 5. The number of carbonyl (C=O) groups is 2. The predicted molar refractivity (Wildman–Crippen MR) is 131 cm³/mol. The van der Waals surface area contributed by atoms with E-state index in [2.05, 4.69) is 15.6 Å². The van der Waals surface area contributed by atoms with Crippen LogP contribution >= 0.6 is 11.6 Å². The minimum atomic E-state index is -3.47. The van der Waals surface area contributed by atoms with E-state index in [9.17, 15) is 22.8 Å². The van der Waals surface area contributed by atoms with Crippen molar-refractivity contribution in [3.8, 4) is 0 Å². The molecule has 8 nitrogen and oxygen atoms in total. The molecule has 0 aliphatic heterocycles. The van der Waals surface area contributed by atoms with E-state index in [1.165, 1.54) is 48.5 Å². The first-order valence-electron chi connectivity index (χ1n) is 9.96. The number of para-hydroxylation sites is 1. The molecule has 0 bridgehead atoms. The Balaban J connectivity index is 1.51.